The Kier molecular flexibility index (Phi) is 6.46. The van der Waals surface area contributed by atoms with Gasteiger partial charge in [-0.05, 0) is 94.3 Å². The summed E-state index contributed by atoms with van der Waals surface area (Å²) >= 11 is 0. The summed E-state index contributed by atoms with van der Waals surface area (Å²) in [6.07, 6.45) is 0. The Morgan fingerprint density at radius 2 is 0.875 bits per heavy atom. The minimum atomic E-state index is -0.194. The molecule has 1 heterocycles. The highest BCUT2D eigenvalue weighted by Crippen LogP contribution is 2.57. The molecule has 1 aromatic heterocycles. The van der Waals surface area contributed by atoms with E-state index in [9.17, 15) is 0 Å². The molecule has 1 aliphatic rings. The van der Waals surface area contributed by atoms with Crippen LogP contribution in [0.25, 0.3) is 110 Å². The molecule has 0 unspecified atom stereocenters. The molecule has 0 fully saturated rings. The van der Waals surface area contributed by atoms with E-state index in [-0.39, 0.29) is 5.41 Å². The Bertz CT molecular complexity index is 3380. The van der Waals surface area contributed by atoms with E-state index in [1.807, 2.05) is 0 Å². The third-order valence-electron chi connectivity index (χ3n) is 12.7. The lowest BCUT2D eigenvalue weighted by atomic mass is 9.79. The smallest absolute Gasteiger partial charge is 0.143 e. The molecule has 0 aliphatic heterocycles. The quantitative estimate of drug-likeness (QED) is 0.166. The minimum Gasteiger partial charge on any atom is -0.455 e. The molecule has 0 amide bonds. The summed E-state index contributed by atoms with van der Waals surface area (Å²) in [6, 6.07) is 66.9. The van der Waals surface area contributed by atoms with Crippen LogP contribution < -0.4 is 0 Å². The molecule has 56 heavy (non-hydrogen) atoms. The molecule has 0 radical (unpaired) electrons. The van der Waals surface area contributed by atoms with Crippen LogP contribution in [0.5, 0.6) is 0 Å². The second-order valence-corrected chi connectivity index (χ2v) is 15.9. The van der Waals surface area contributed by atoms with Crippen molar-refractivity contribution in [3.05, 3.63) is 193 Å². The number of hydrogen-bond acceptors (Lipinski definition) is 1. The van der Waals surface area contributed by atoms with Crippen molar-refractivity contribution in [1.82, 2.24) is 0 Å². The predicted octanol–water partition coefficient (Wildman–Crippen LogP) is 15.5. The molecule has 0 bridgehead atoms. The Morgan fingerprint density at radius 3 is 1.57 bits per heavy atom. The molecule has 11 aromatic rings. The summed E-state index contributed by atoms with van der Waals surface area (Å²) in [5, 5.41) is 12.1. The van der Waals surface area contributed by atoms with Crippen molar-refractivity contribution in [3.8, 4) is 44.5 Å². The van der Waals surface area contributed by atoms with Gasteiger partial charge in [-0.3, -0.25) is 0 Å². The maximum absolute atomic E-state index is 7.29. The lowest BCUT2D eigenvalue weighted by Crippen LogP contribution is -2.15. The Balaban J connectivity index is 1.24. The van der Waals surface area contributed by atoms with Gasteiger partial charge in [0.15, 0.2) is 0 Å². The van der Waals surface area contributed by atoms with E-state index < -0.39 is 0 Å². The summed E-state index contributed by atoms with van der Waals surface area (Å²) in [6.45, 7) is 4.77. The standard InChI is InChI=1S/C55H36O/c1-55(2)47-27-15-14-26-44(47)51-48(55)32-46(54-52(51)45-29-28-34-18-6-7-19-36(34)53(45)56-54)50-41-24-12-10-22-39(41)49(40-23-11-13-25-42(40)50)43-31-30-35(33-16-4-3-5-17-33)37-20-8-9-21-38(37)43/h3-32H,1-2H3. The molecule has 1 aliphatic carbocycles. The van der Waals surface area contributed by atoms with Crippen molar-refractivity contribution < 1.29 is 4.42 Å². The monoisotopic (exact) mass is 712 g/mol. The van der Waals surface area contributed by atoms with Crippen molar-refractivity contribution in [2.75, 3.05) is 0 Å². The zero-order valence-corrected chi connectivity index (χ0v) is 31.2. The SMILES string of the molecule is CC1(C)c2ccccc2-c2c1cc(-c1c3ccccc3c(-c3ccc(-c4ccccc4)c4ccccc34)c3ccccc13)c1oc3c4ccccc4ccc3c21. The first-order valence-corrected chi connectivity index (χ1v) is 19.6. The third-order valence-corrected chi connectivity index (χ3v) is 12.7. The van der Waals surface area contributed by atoms with E-state index in [4.69, 9.17) is 4.42 Å². The predicted molar refractivity (Wildman–Crippen MR) is 238 cm³/mol. The number of hydrogen-bond donors (Lipinski definition) is 0. The van der Waals surface area contributed by atoms with Gasteiger partial charge in [0.05, 0.1) is 0 Å². The molecule has 0 saturated carbocycles. The third kappa shape index (κ3) is 4.20. The highest BCUT2D eigenvalue weighted by molar-refractivity contribution is 6.29. The second-order valence-electron chi connectivity index (χ2n) is 15.9. The van der Waals surface area contributed by atoms with Crippen LogP contribution in [-0.4, -0.2) is 0 Å². The van der Waals surface area contributed by atoms with Crippen LogP contribution in [0, 0.1) is 0 Å². The van der Waals surface area contributed by atoms with Crippen molar-refractivity contribution in [2.45, 2.75) is 19.3 Å². The van der Waals surface area contributed by atoms with Gasteiger partial charge in [0.2, 0.25) is 0 Å². The average molecular weight is 713 g/mol. The van der Waals surface area contributed by atoms with Crippen LogP contribution in [-0.2, 0) is 5.41 Å². The van der Waals surface area contributed by atoms with Crippen LogP contribution in [0.3, 0.4) is 0 Å². The maximum atomic E-state index is 7.29. The van der Waals surface area contributed by atoms with Gasteiger partial charge in [-0.15, -0.1) is 0 Å². The molecule has 1 heteroatoms. The molecule has 0 atom stereocenters. The van der Waals surface area contributed by atoms with Gasteiger partial charge in [-0.2, -0.15) is 0 Å². The molecule has 12 rings (SSSR count). The lowest BCUT2D eigenvalue weighted by molar-refractivity contribution is 0.658. The van der Waals surface area contributed by atoms with Crippen LogP contribution in [0.1, 0.15) is 25.0 Å². The van der Waals surface area contributed by atoms with Gasteiger partial charge in [0.25, 0.3) is 0 Å². The normalized spacial score (nSPS) is 13.3. The van der Waals surface area contributed by atoms with E-state index in [0.29, 0.717) is 0 Å². The summed E-state index contributed by atoms with van der Waals surface area (Å²) in [5.41, 5.74) is 14.3. The highest BCUT2D eigenvalue weighted by atomic mass is 16.3. The summed E-state index contributed by atoms with van der Waals surface area (Å²) in [7, 11) is 0. The first kappa shape index (κ1) is 31.4. The largest absolute Gasteiger partial charge is 0.455 e. The number of benzene rings is 10. The molecule has 1 nitrogen and oxygen atoms in total. The summed E-state index contributed by atoms with van der Waals surface area (Å²) in [5.74, 6) is 0. The summed E-state index contributed by atoms with van der Waals surface area (Å²) in [4.78, 5) is 0. The molecule has 0 N–H and O–H groups in total. The van der Waals surface area contributed by atoms with Crippen molar-refractivity contribution >= 4 is 65.0 Å². The highest BCUT2D eigenvalue weighted by Gasteiger charge is 2.39. The maximum Gasteiger partial charge on any atom is 0.143 e. The molecule has 262 valence electrons. The summed E-state index contributed by atoms with van der Waals surface area (Å²) < 4.78 is 7.29. The molecular formula is C55H36O. The Morgan fingerprint density at radius 1 is 0.339 bits per heavy atom. The number of fused-ring (bicyclic) bond motifs is 12. The average Bonchev–Trinajstić information content (AvgIpc) is 3.75. The van der Waals surface area contributed by atoms with Crippen molar-refractivity contribution in [2.24, 2.45) is 0 Å². The molecule has 0 spiro atoms. The zero-order chi connectivity index (χ0) is 37.1. The van der Waals surface area contributed by atoms with Gasteiger partial charge in [0, 0.05) is 32.7 Å². The van der Waals surface area contributed by atoms with Crippen LogP contribution in [0.2, 0.25) is 0 Å². The number of furan rings is 1. The van der Waals surface area contributed by atoms with Gasteiger partial charge in [-0.25, -0.2) is 0 Å². The fourth-order valence-corrected chi connectivity index (χ4v) is 10.1. The minimum absolute atomic E-state index is 0.194. The molecular weight excluding hydrogens is 677 g/mol. The first-order valence-electron chi connectivity index (χ1n) is 19.6. The van der Waals surface area contributed by atoms with Crippen molar-refractivity contribution in [3.63, 3.8) is 0 Å². The first-order chi connectivity index (χ1) is 27.6. The lowest BCUT2D eigenvalue weighted by Gasteiger charge is -2.23. The van der Waals surface area contributed by atoms with Gasteiger partial charge >= 0.3 is 0 Å². The van der Waals surface area contributed by atoms with Crippen LogP contribution in [0.4, 0.5) is 0 Å². The Hall–Kier alpha value is -6.96. The topological polar surface area (TPSA) is 13.1 Å². The molecule has 10 aromatic carbocycles. The van der Waals surface area contributed by atoms with E-state index >= 15 is 0 Å². The van der Waals surface area contributed by atoms with Gasteiger partial charge in [-0.1, -0.05) is 184 Å². The van der Waals surface area contributed by atoms with Crippen LogP contribution >= 0.6 is 0 Å². The molecule has 0 saturated heterocycles. The zero-order valence-electron chi connectivity index (χ0n) is 31.2. The second kappa shape index (κ2) is 11.5. The Labute approximate surface area is 325 Å². The van der Waals surface area contributed by atoms with E-state index in [1.54, 1.807) is 0 Å². The van der Waals surface area contributed by atoms with E-state index in [0.717, 1.165) is 22.1 Å². The number of rotatable bonds is 3. The van der Waals surface area contributed by atoms with E-state index in [2.05, 4.69) is 196 Å². The van der Waals surface area contributed by atoms with Crippen LogP contribution in [0.15, 0.2) is 186 Å². The van der Waals surface area contributed by atoms with Gasteiger partial charge < -0.3 is 4.42 Å². The fourth-order valence-electron chi connectivity index (χ4n) is 10.1. The van der Waals surface area contributed by atoms with Gasteiger partial charge in [0.1, 0.15) is 11.2 Å². The van der Waals surface area contributed by atoms with Crippen molar-refractivity contribution in [1.29, 1.82) is 0 Å². The van der Waals surface area contributed by atoms with E-state index in [1.165, 1.54) is 98.5 Å². The fraction of sp³-hybridized carbons (Fsp3) is 0.0545.